The van der Waals surface area contributed by atoms with Crippen LogP contribution in [0, 0.1) is 6.92 Å². The quantitative estimate of drug-likeness (QED) is 0.514. The first kappa shape index (κ1) is 25.1. The summed E-state index contributed by atoms with van der Waals surface area (Å²) in [6.45, 7) is 7.05. The molecule has 1 aliphatic heterocycles. The van der Waals surface area contributed by atoms with Crippen molar-refractivity contribution in [2.45, 2.75) is 64.3 Å². The smallest absolute Gasteiger partial charge is 0.255 e. The van der Waals surface area contributed by atoms with Crippen molar-refractivity contribution in [1.82, 2.24) is 19.1 Å². The molecule has 0 fully saturated rings. The number of fused-ring (bicyclic) bond motifs is 1. The number of carbonyl (C=O) groups is 1. The highest BCUT2D eigenvalue weighted by Crippen LogP contribution is 2.25. The van der Waals surface area contributed by atoms with Crippen molar-refractivity contribution in [2.24, 2.45) is 0 Å². The number of nitrogens with zero attached hydrogens (tertiary/aromatic N) is 4. The van der Waals surface area contributed by atoms with Crippen LogP contribution in [0.1, 0.15) is 61.3 Å². The van der Waals surface area contributed by atoms with Crippen LogP contribution in [-0.2, 0) is 23.0 Å². The molecule has 0 spiro atoms. The Morgan fingerprint density at radius 2 is 1.71 bits per heavy atom. The van der Waals surface area contributed by atoms with Crippen LogP contribution in [0.5, 0.6) is 0 Å². The predicted octanol–water partition coefficient (Wildman–Crippen LogP) is 4.65. The lowest BCUT2D eigenvalue weighted by atomic mass is 10.1. The molecule has 9 heteroatoms. The number of rotatable bonds is 7. The van der Waals surface area contributed by atoms with Crippen LogP contribution in [0.15, 0.2) is 47.4 Å². The van der Waals surface area contributed by atoms with Crippen molar-refractivity contribution < 1.29 is 13.2 Å². The topological polar surface area (TPSA) is 97.2 Å². The lowest BCUT2D eigenvalue weighted by Crippen LogP contribution is -2.30. The van der Waals surface area contributed by atoms with Crippen LogP contribution in [0.25, 0.3) is 11.4 Å². The summed E-state index contributed by atoms with van der Waals surface area (Å²) in [5.74, 6) is 1.54. The maximum absolute atomic E-state index is 13.1. The second-order valence-electron chi connectivity index (χ2n) is 8.85. The number of sulfonamides is 1. The number of carbonyl (C=O) groups excluding carboxylic acids is 1. The van der Waals surface area contributed by atoms with Crippen molar-refractivity contribution in [3.63, 3.8) is 0 Å². The number of benzene rings is 2. The van der Waals surface area contributed by atoms with Crippen molar-refractivity contribution in [2.75, 3.05) is 18.4 Å². The number of nitrogens with one attached hydrogen (secondary N) is 1. The summed E-state index contributed by atoms with van der Waals surface area (Å²) >= 11 is 0. The number of aromatic nitrogens is 3. The van der Waals surface area contributed by atoms with E-state index >= 15 is 0 Å². The summed E-state index contributed by atoms with van der Waals surface area (Å²) in [6.07, 6.45) is 5.66. The van der Waals surface area contributed by atoms with Gasteiger partial charge in [0.05, 0.1) is 4.90 Å². The van der Waals surface area contributed by atoms with Gasteiger partial charge in [0.2, 0.25) is 10.0 Å². The van der Waals surface area contributed by atoms with Crippen molar-refractivity contribution in [3.8, 4) is 11.4 Å². The molecule has 186 valence electrons. The molecule has 0 radical (unpaired) electrons. The fraction of sp³-hybridized carbons (Fsp3) is 0.423. The molecule has 0 atom stereocenters. The van der Waals surface area contributed by atoms with Gasteiger partial charge in [-0.2, -0.15) is 4.31 Å². The molecule has 0 saturated heterocycles. The van der Waals surface area contributed by atoms with E-state index in [1.54, 1.807) is 32.9 Å². The number of hydrogen-bond donors (Lipinski definition) is 1. The third kappa shape index (κ3) is 5.31. The summed E-state index contributed by atoms with van der Waals surface area (Å²) in [6, 6.07) is 12.2. The van der Waals surface area contributed by atoms with E-state index in [9.17, 15) is 13.2 Å². The molecule has 2 heterocycles. The zero-order valence-electron chi connectivity index (χ0n) is 20.6. The Kier molecular flexibility index (Phi) is 7.66. The van der Waals surface area contributed by atoms with E-state index in [1.165, 1.54) is 23.2 Å². The third-order valence-electron chi connectivity index (χ3n) is 6.56. The minimum absolute atomic E-state index is 0.121. The first-order chi connectivity index (χ1) is 16.8. The second-order valence-corrected chi connectivity index (χ2v) is 10.8. The highest BCUT2D eigenvalue weighted by Gasteiger charge is 2.23. The van der Waals surface area contributed by atoms with Crippen LogP contribution in [0.3, 0.4) is 0 Å². The molecule has 0 bridgehead atoms. The van der Waals surface area contributed by atoms with E-state index in [0.29, 0.717) is 29.9 Å². The van der Waals surface area contributed by atoms with Gasteiger partial charge < -0.3 is 9.88 Å². The highest BCUT2D eigenvalue weighted by atomic mass is 32.2. The first-order valence-corrected chi connectivity index (χ1v) is 13.7. The van der Waals surface area contributed by atoms with Gasteiger partial charge in [0.15, 0.2) is 5.82 Å². The van der Waals surface area contributed by atoms with E-state index < -0.39 is 10.0 Å². The number of amides is 1. The van der Waals surface area contributed by atoms with Gasteiger partial charge in [-0.05, 0) is 61.7 Å². The van der Waals surface area contributed by atoms with Gasteiger partial charge in [0, 0.05) is 42.9 Å². The monoisotopic (exact) mass is 495 g/mol. The summed E-state index contributed by atoms with van der Waals surface area (Å²) < 4.78 is 29.4. The molecule has 1 amide bonds. The van der Waals surface area contributed by atoms with E-state index in [4.69, 9.17) is 0 Å². The Morgan fingerprint density at radius 1 is 1.00 bits per heavy atom. The van der Waals surface area contributed by atoms with Crippen LogP contribution < -0.4 is 5.32 Å². The van der Waals surface area contributed by atoms with Gasteiger partial charge >= 0.3 is 0 Å². The number of aryl methyl sites for hydroxylation is 2. The van der Waals surface area contributed by atoms with Gasteiger partial charge in [-0.1, -0.05) is 32.8 Å². The minimum Gasteiger partial charge on any atom is -0.322 e. The van der Waals surface area contributed by atoms with Crippen LogP contribution in [-0.4, -0.2) is 46.5 Å². The van der Waals surface area contributed by atoms with Gasteiger partial charge in [-0.15, -0.1) is 10.2 Å². The molecule has 2 aromatic carbocycles. The van der Waals surface area contributed by atoms with Crippen molar-refractivity contribution >= 4 is 21.6 Å². The molecule has 0 unspecified atom stereocenters. The summed E-state index contributed by atoms with van der Waals surface area (Å²) in [5.41, 5.74) is 2.62. The fourth-order valence-electron chi connectivity index (χ4n) is 4.50. The largest absolute Gasteiger partial charge is 0.322 e. The van der Waals surface area contributed by atoms with E-state index in [2.05, 4.69) is 20.1 Å². The molecule has 1 aliphatic rings. The molecule has 8 nitrogen and oxygen atoms in total. The average molecular weight is 496 g/mol. The molecule has 0 aliphatic carbocycles. The summed E-state index contributed by atoms with van der Waals surface area (Å²) in [5, 5.41) is 11.7. The molecule has 0 saturated carbocycles. The zero-order chi connectivity index (χ0) is 25.0. The maximum Gasteiger partial charge on any atom is 0.255 e. The normalized spacial score (nSPS) is 14.3. The van der Waals surface area contributed by atoms with Crippen molar-refractivity contribution in [1.29, 1.82) is 0 Å². The standard InChI is InChI=1S/C26H33N5O3S/c1-4-30(5-2)35(33,34)22-16-11-19(3)23(18-22)26(32)27-21-14-12-20(13-15-21)25-29-28-24-10-8-6-7-9-17-31(24)25/h11-16,18H,4-10,17H2,1-3H3,(H,27,32). The minimum atomic E-state index is -3.65. The van der Waals surface area contributed by atoms with E-state index in [1.807, 2.05) is 24.3 Å². The molecular weight excluding hydrogens is 462 g/mol. The molecule has 3 aromatic rings. The molecule has 4 rings (SSSR count). The lowest BCUT2D eigenvalue weighted by molar-refractivity contribution is 0.102. The fourth-order valence-corrected chi connectivity index (χ4v) is 5.98. The Hall–Kier alpha value is -3.04. The highest BCUT2D eigenvalue weighted by molar-refractivity contribution is 7.89. The van der Waals surface area contributed by atoms with Crippen LogP contribution >= 0.6 is 0 Å². The Bertz CT molecular complexity index is 1300. The molecule has 1 aromatic heterocycles. The Balaban J connectivity index is 1.54. The third-order valence-corrected chi connectivity index (χ3v) is 8.60. The Labute approximate surface area is 207 Å². The van der Waals surface area contributed by atoms with Gasteiger partial charge in [0.25, 0.3) is 5.91 Å². The van der Waals surface area contributed by atoms with Gasteiger partial charge in [-0.3, -0.25) is 4.79 Å². The SMILES string of the molecule is CCN(CC)S(=O)(=O)c1ccc(C)c(C(=O)Nc2ccc(-c3nnc4n3CCCCCC4)cc2)c1. The zero-order valence-corrected chi connectivity index (χ0v) is 21.4. The second kappa shape index (κ2) is 10.7. The lowest BCUT2D eigenvalue weighted by Gasteiger charge is -2.19. The average Bonchev–Trinajstić information content (AvgIpc) is 3.21. The molecular formula is C26H33N5O3S. The van der Waals surface area contributed by atoms with Gasteiger partial charge in [-0.25, -0.2) is 8.42 Å². The maximum atomic E-state index is 13.1. The van der Waals surface area contributed by atoms with Crippen LogP contribution in [0.4, 0.5) is 5.69 Å². The number of anilines is 1. The van der Waals surface area contributed by atoms with Crippen molar-refractivity contribution in [3.05, 3.63) is 59.4 Å². The molecule has 1 N–H and O–H groups in total. The predicted molar refractivity (Wildman–Crippen MR) is 137 cm³/mol. The summed E-state index contributed by atoms with van der Waals surface area (Å²) in [7, 11) is -3.65. The van der Waals surface area contributed by atoms with Crippen LogP contribution in [0.2, 0.25) is 0 Å². The first-order valence-electron chi connectivity index (χ1n) is 12.3. The molecule has 35 heavy (non-hydrogen) atoms. The van der Waals surface area contributed by atoms with E-state index in [0.717, 1.165) is 43.0 Å². The Morgan fingerprint density at radius 3 is 2.43 bits per heavy atom. The number of hydrogen-bond acceptors (Lipinski definition) is 5. The van der Waals surface area contributed by atoms with E-state index in [-0.39, 0.29) is 10.8 Å². The summed E-state index contributed by atoms with van der Waals surface area (Å²) in [4.78, 5) is 13.2. The van der Waals surface area contributed by atoms with Gasteiger partial charge in [0.1, 0.15) is 5.82 Å².